The van der Waals surface area contributed by atoms with Gasteiger partial charge in [-0.15, -0.1) is 0 Å². The molecule has 31 heavy (non-hydrogen) atoms. The molecule has 0 spiro atoms. The number of benzene rings is 1. The highest BCUT2D eigenvalue weighted by atomic mass is 35.5. The number of carbonyl (C=O) groups excluding carboxylic acids is 2. The Morgan fingerprint density at radius 1 is 1.26 bits per heavy atom. The number of nitrogens with one attached hydrogen (secondary N) is 1. The lowest BCUT2D eigenvalue weighted by atomic mass is 9.80. The Morgan fingerprint density at radius 3 is 2.42 bits per heavy atom. The number of nitrogens with zero attached hydrogens (tertiary/aromatic N) is 2. The van der Waals surface area contributed by atoms with Crippen molar-refractivity contribution in [3.05, 3.63) is 61.4 Å². The van der Waals surface area contributed by atoms with Crippen molar-refractivity contribution in [2.24, 2.45) is 0 Å². The van der Waals surface area contributed by atoms with Crippen molar-refractivity contribution < 1.29 is 24.0 Å². The number of hydrogen-bond donors (Lipinski definition) is 1. The molecule has 0 radical (unpaired) electrons. The summed E-state index contributed by atoms with van der Waals surface area (Å²) in [4.78, 5) is 36.6. The highest BCUT2D eigenvalue weighted by Gasteiger charge is 2.40. The average Bonchev–Trinajstić information content (AvgIpc) is 2.66. The minimum atomic E-state index is -1.06. The predicted octanol–water partition coefficient (Wildman–Crippen LogP) is 3.89. The maximum atomic E-state index is 13.0. The second kappa shape index (κ2) is 10.1. The van der Waals surface area contributed by atoms with Crippen molar-refractivity contribution in [1.82, 2.24) is 5.32 Å². The van der Waals surface area contributed by atoms with Gasteiger partial charge in [-0.25, -0.2) is 9.59 Å². The number of nitriles is 1. The molecule has 1 aliphatic rings. The number of ether oxygens (including phenoxy) is 2. The molecule has 1 aliphatic heterocycles. The number of nitro benzene ring substituents is 1. The normalized spacial score (nSPS) is 16.0. The first-order valence-corrected chi connectivity index (χ1v) is 9.84. The fourth-order valence-electron chi connectivity index (χ4n) is 3.29. The largest absolute Gasteiger partial charge is 0.461 e. The molecule has 1 N–H and O–H groups in total. The quantitative estimate of drug-likeness (QED) is 0.288. The van der Waals surface area contributed by atoms with Crippen LogP contribution in [0, 0.1) is 21.4 Å². The summed E-state index contributed by atoms with van der Waals surface area (Å²) in [7, 11) is 0. The Morgan fingerprint density at radius 2 is 1.87 bits per heavy atom. The Kier molecular flexibility index (Phi) is 7.78. The van der Waals surface area contributed by atoms with E-state index in [2.05, 4.69) is 5.32 Å². The van der Waals surface area contributed by atoms with Crippen LogP contribution in [0.25, 0.3) is 0 Å². The van der Waals surface area contributed by atoms with E-state index in [0.29, 0.717) is 11.4 Å². The molecular weight excluding hydrogens is 426 g/mol. The van der Waals surface area contributed by atoms with Crippen LogP contribution < -0.4 is 5.32 Å². The molecule has 0 aromatic heterocycles. The van der Waals surface area contributed by atoms with E-state index in [-0.39, 0.29) is 40.4 Å². The highest BCUT2D eigenvalue weighted by molar-refractivity contribution is 6.33. The van der Waals surface area contributed by atoms with Crippen LogP contribution in [0.1, 0.15) is 45.6 Å². The van der Waals surface area contributed by atoms with Gasteiger partial charge in [-0.05, 0) is 33.3 Å². The summed E-state index contributed by atoms with van der Waals surface area (Å²) in [6, 6.07) is 6.05. The maximum Gasteiger partial charge on any atom is 0.337 e. The van der Waals surface area contributed by atoms with Gasteiger partial charge in [-0.3, -0.25) is 10.1 Å². The van der Waals surface area contributed by atoms with Crippen LogP contribution in [0.15, 0.2) is 40.7 Å². The SMILES string of the molecule is CC1=C(C(=O)OCCC#N)C(c2cccc([N+](=O)[O-])c2Cl)C(C(=O)OC(C)C)=C(C)N1. The van der Waals surface area contributed by atoms with E-state index in [1.807, 2.05) is 6.07 Å². The standard InChI is InChI=1S/C21H22ClN3O6/c1-11(2)31-21(27)17-13(4)24-12(3)16(20(26)30-10-6-9-23)18(17)14-7-5-8-15(19(14)22)25(28)29/h5,7-8,11,18,24H,6,10H2,1-4H3. The fraction of sp³-hybridized carbons (Fsp3) is 0.381. The van der Waals surface area contributed by atoms with Gasteiger partial charge in [0.2, 0.25) is 0 Å². The summed E-state index contributed by atoms with van der Waals surface area (Å²) in [6.07, 6.45) is -0.447. The van der Waals surface area contributed by atoms with Crippen molar-refractivity contribution in [2.75, 3.05) is 6.61 Å². The van der Waals surface area contributed by atoms with Crippen molar-refractivity contribution in [2.45, 2.75) is 46.1 Å². The van der Waals surface area contributed by atoms with Crippen LogP contribution in [0.3, 0.4) is 0 Å². The summed E-state index contributed by atoms with van der Waals surface area (Å²) < 4.78 is 10.6. The number of allylic oxidation sites excluding steroid dienone is 2. The highest BCUT2D eigenvalue weighted by Crippen LogP contribution is 2.44. The predicted molar refractivity (Wildman–Crippen MR) is 112 cm³/mol. The van der Waals surface area contributed by atoms with Crippen molar-refractivity contribution in [1.29, 1.82) is 5.26 Å². The molecule has 0 amide bonds. The lowest BCUT2D eigenvalue weighted by molar-refractivity contribution is -0.384. The molecule has 1 heterocycles. The van der Waals surface area contributed by atoms with Crippen LogP contribution in [0.5, 0.6) is 0 Å². The van der Waals surface area contributed by atoms with E-state index in [4.69, 9.17) is 26.3 Å². The number of dihydropyridines is 1. The van der Waals surface area contributed by atoms with Crippen molar-refractivity contribution >= 4 is 29.2 Å². The lowest BCUT2D eigenvalue weighted by Gasteiger charge is -2.31. The van der Waals surface area contributed by atoms with Crippen LogP contribution in [0.2, 0.25) is 5.02 Å². The third-order valence-electron chi connectivity index (χ3n) is 4.51. The van der Waals surface area contributed by atoms with Crippen molar-refractivity contribution in [3.63, 3.8) is 0 Å². The summed E-state index contributed by atoms with van der Waals surface area (Å²) in [6.45, 7) is 6.47. The molecule has 1 atom stereocenters. The molecule has 164 valence electrons. The first-order chi connectivity index (χ1) is 14.6. The van der Waals surface area contributed by atoms with E-state index in [0.717, 1.165) is 0 Å². The number of halogens is 1. The molecule has 0 fully saturated rings. The third-order valence-corrected chi connectivity index (χ3v) is 4.92. The topological polar surface area (TPSA) is 132 Å². The molecule has 1 aromatic rings. The molecule has 2 rings (SSSR count). The Labute approximate surface area is 184 Å². The molecule has 0 aliphatic carbocycles. The van der Waals surface area contributed by atoms with Crippen LogP contribution >= 0.6 is 11.6 Å². The summed E-state index contributed by atoms with van der Waals surface area (Å²) in [5, 5.41) is 22.9. The van der Waals surface area contributed by atoms with Crippen LogP contribution in [0.4, 0.5) is 5.69 Å². The van der Waals surface area contributed by atoms with Crippen LogP contribution in [-0.2, 0) is 19.1 Å². The van der Waals surface area contributed by atoms with Crippen molar-refractivity contribution in [3.8, 4) is 6.07 Å². The lowest BCUT2D eigenvalue weighted by Crippen LogP contribution is -2.33. The summed E-state index contributed by atoms with van der Waals surface area (Å²) >= 11 is 6.35. The number of esters is 2. The summed E-state index contributed by atoms with van der Waals surface area (Å²) in [5.41, 5.74) is 0.800. The second-order valence-electron chi connectivity index (χ2n) is 7.07. The van der Waals surface area contributed by atoms with Gasteiger partial charge in [-0.1, -0.05) is 23.7 Å². The third kappa shape index (κ3) is 5.22. The van der Waals surface area contributed by atoms with Gasteiger partial charge in [0.1, 0.15) is 11.6 Å². The van der Waals surface area contributed by atoms with E-state index in [1.54, 1.807) is 27.7 Å². The Bertz CT molecular complexity index is 1020. The molecular formula is C21H22ClN3O6. The number of hydrogen-bond acceptors (Lipinski definition) is 8. The molecule has 0 bridgehead atoms. The number of nitro groups is 1. The monoisotopic (exact) mass is 447 g/mol. The first kappa shape index (κ1) is 23.9. The zero-order chi connectivity index (χ0) is 23.3. The second-order valence-corrected chi connectivity index (χ2v) is 7.45. The fourth-order valence-corrected chi connectivity index (χ4v) is 3.60. The minimum absolute atomic E-state index is 0.00908. The summed E-state index contributed by atoms with van der Waals surface area (Å²) in [5.74, 6) is -2.52. The zero-order valence-electron chi connectivity index (χ0n) is 17.5. The van der Waals surface area contributed by atoms with Gasteiger partial charge in [0.15, 0.2) is 0 Å². The van der Waals surface area contributed by atoms with E-state index < -0.39 is 28.9 Å². The minimum Gasteiger partial charge on any atom is -0.461 e. The van der Waals surface area contributed by atoms with Gasteiger partial charge >= 0.3 is 11.9 Å². The maximum absolute atomic E-state index is 13.0. The molecule has 0 saturated carbocycles. The smallest absolute Gasteiger partial charge is 0.337 e. The average molecular weight is 448 g/mol. The molecule has 10 heteroatoms. The van der Waals surface area contributed by atoms with Gasteiger partial charge in [0, 0.05) is 17.5 Å². The Balaban J connectivity index is 2.70. The number of carbonyl (C=O) groups is 2. The van der Waals surface area contributed by atoms with E-state index in [9.17, 15) is 19.7 Å². The van der Waals surface area contributed by atoms with Gasteiger partial charge < -0.3 is 14.8 Å². The van der Waals surface area contributed by atoms with Gasteiger partial charge in [0.05, 0.1) is 40.6 Å². The van der Waals surface area contributed by atoms with Crippen LogP contribution in [-0.4, -0.2) is 29.6 Å². The van der Waals surface area contributed by atoms with E-state index >= 15 is 0 Å². The molecule has 1 unspecified atom stereocenters. The first-order valence-electron chi connectivity index (χ1n) is 9.46. The number of rotatable bonds is 7. The molecule has 1 aromatic carbocycles. The molecule has 9 nitrogen and oxygen atoms in total. The van der Waals surface area contributed by atoms with Gasteiger partial charge in [0.25, 0.3) is 5.69 Å². The van der Waals surface area contributed by atoms with E-state index in [1.165, 1.54) is 18.2 Å². The van der Waals surface area contributed by atoms with Gasteiger partial charge in [-0.2, -0.15) is 5.26 Å². The zero-order valence-corrected chi connectivity index (χ0v) is 18.3. The molecule has 0 saturated heterocycles. The Hall–Kier alpha value is -3.38.